The lowest BCUT2D eigenvalue weighted by Crippen LogP contribution is -2.58. The molecule has 0 saturated heterocycles. The van der Waals surface area contributed by atoms with Crippen LogP contribution < -0.4 is 5.19 Å². The van der Waals surface area contributed by atoms with E-state index in [0.717, 1.165) is 5.19 Å². The molecule has 0 aliphatic carbocycles. The molecule has 0 heterocycles. The third kappa shape index (κ3) is 8.01. The van der Waals surface area contributed by atoms with Crippen molar-refractivity contribution in [2.75, 3.05) is 26.9 Å². The Hall–Kier alpha value is -0.626. The average Bonchev–Trinajstić information content (AvgIpc) is 2.66. The van der Waals surface area contributed by atoms with Gasteiger partial charge < -0.3 is 33.4 Å². The summed E-state index contributed by atoms with van der Waals surface area (Å²) < 4.78 is 17.6. The molecule has 0 bridgehead atoms. The lowest BCUT2D eigenvalue weighted by atomic mass is 10.0. The summed E-state index contributed by atoms with van der Waals surface area (Å²) >= 11 is 0. The van der Waals surface area contributed by atoms with Crippen LogP contribution >= 0.6 is 0 Å². The van der Waals surface area contributed by atoms with Gasteiger partial charge in [-0.05, 0) is 50.5 Å². The van der Waals surface area contributed by atoms with Gasteiger partial charge in [-0.25, -0.2) is 0 Å². The van der Waals surface area contributed by atoms with E-state index >= 15 is 0 Å². The predicted molar refractivity (Wildman–Crippen MR) is 113 cm³/mol. The first-order chi connectivity index (χ1) is 13.1. The molecule has 4 atom stereocenters. The highest BCUT2D eigenvalue weighted by Gasteiger charge is 2.44. The smallest absolute Gasteiger partial charge is 0.357 e. The molecule has 7 nitrogen and oxygen atoms in total. The minimum atomic E-state index is -3.16. The maximum absolute atomic E-state index is 11.0. The highest BCUT2D eigenvalue weighted by atomic mass is 28.5. The molecule has 0 spiro atoms. The van der Waals surface area contributed by atoms with Crippen molar-refractivity contribution in [1.29, 1.82) is 0 Å². The zero-order chi connectivity index (χ0) is 21.3. The summed E-state index contributed by atoms with van der Waals surface area (Å²) in [6.45, 7) is 5.21. The molecular formula is C19H36O7Si2. The number of hydrogen-bond donors (Lipinski definition) is 4. The first-order valence-electron chi connectivity index (χ1n) is 9.71. The van der Waals surface area contributed by atoms with Gasteiger partial charge in [0, 0.05) is 20.3 Å². The molecule has 0 saturated carbocycles. The van der Waals surface area contributed by atoms with Crippen LogP contribution in [0.15, 0.2) is 30.3 Å². The fourth-order valence-corrected chi connectivity index (χ4v) is 10.2. The molecule has 0 aliphatic rings. The van der Waals surface area contributed by atoms with E-state index in [0.29, 0.717) is 31.5 Å². The van der Waals surface area contributed by atoms with Crippen LogP contribution in [0.25, 0.3) is 0 Å². The van der Waals surface area contributed by atoms with Gasteiger partial charge in [0.05, 0.1) is 12.7 Å². The van der Waals surface area contributed by atoms with E-state index in [-0.39, 0.29) is 13.2 Å². The predicted octanol–water partition coefficient (Wildman–Crippen LogP) is 0.984. The Balaban J connectivity index is 2.73. The van der Waals surface area contributed by atoms with E-state index in [4.69, 9.17) is 13.3 Å². The van der Waals surface area contributed by atoms with Crippen LogP contribution in [0.3, 0.4) is 0 Å². The van der Waals surface area contributed by atoms with Gasteiger partial charge in [-0.1, -0.05) is 30.3 Å². The second kappa shape index (κ2) is 11.5. The van der Waals surface area contributed by atoms with Crippen molar-refractivity contribution in [3.63, 3.8) is 0 Å². The molecule has 28 heavy (non-hydrogen) atoms. The highest BCUT2D eigenvalue weighted by Crippen LogP contribution is 2.26. The van der Waals surface area contributed by atoms with E-state index in [9.17, 15) is 20.1 Å². The van der Waals surface area contributed by atoms with Crippen LogP contribution in [0.4, 0.5) is 0 Å². The van der Waals surface area contributed by atoms with Crippen molar-refractivity contribution >= 4 is 22.3 Å². The minimum absolute atomic E-state index is 0.0280. The molecule has 0 aromatic heterocycles. The van der Waals surface area contributed by atoms with Gasteiger partial charge in [0.2, 0.25) is 0 Å². The maximum atomic E-state index is 11.0. The lowest BCUT2D eigenvalue weighted by molar-refractivity contribution is -0.102. The van der Waals surface area contributed by atoms with Gasteiger partial charge >= 0.3 is 17.1 Å². The van der Waals surface area contributed by atoms with Gasteiger partial charge in [0.15, 0.2) is 0 Å². The molecule has 0 aliphatic heterocycles. The Morgan fingerprint density at radius 1 is 1.14 bits per heavy atom. The summed E-state index contributed by atoms with van der Waals surface area (Å²) in [6, 6.07) is 10.5. The Morgan fingerprint density at radius 3 is 2.29 bits per heavy atom. The third-order valence-electron chi connectivity index (χ3n) is 4.92. The summed E-state index contributed by atoms with van der Waals surface area (Å²) in [6.07, 6.45) is 0.275. The molecule has 1 aromatic carbocycles. The zero-order valence-electron chi connectivity index (χ0n) is 17.4. The summed E-state index contributed by atoms with van der Waals surface area (Å²) in [5.41, 5.74) is -1.30. The monoisotopic (exact) mass is 432 g/mol. The molecule has 4 unspecified atom stereocenters. The van der Waals surface area contributed by atoms with Crippen molar-refractivity contribution < 1.29 is 33.4 Å². The maximum Gasteiger partial charge on any atom is 0.357 e. The Bertz CT molecular complexity index is 554. The van der Waals surface area contributed by atoms with Crippen molar-refractivity contribution in [2.45, 2.75) is 57.0 Å². The summed E-state index contributed by atoms with van der Waals surface area (Å²) in [4.78, 5) is 11.0. The minimum Gasteiger partial charge on any atom is -0.411 e. The number of aliphatic hydroxyl groups is 3. The van der Waals surface area contributed by atoms with E-state index in [2.05, 4.69) is 0 Å². The molecule has 0 fully saturated rings. The van der Waals surface area contributed by atoms with Crippen LogP contribution in [0.2, 0.25) is 18.6 Å². The fourth-order valence-electron chi connectivity index (χ4n) is 2.83. The molecule has 0 radical (unpaired) electrons. The number of benzene rings is 1. The van der Waals surface area contributed by atoms with Gasteiger partial charge in [0.25, 0.3) is 0 Å². The van der Waals surface area contributed by atoms with Crippen LogP contribution in [0, 0.1) is 0 Å². The largest absolute Gasteiger partial charge is 0.411 e. The standard InChI is InChI=1S/C19H36O7Si2/c1-17(21)19(2,22)16-25-13-9-15-28(24-3,14-8-12-20)26-27(4,23)18-10-6-5-7-11-18/h5-7,10-11,17,20-23H,8-9,12-16H2,1-4H3. The van der Waals surface area contributed by atoms with E-state index in [1.165, 1.54) is 13.8 Å². The van der Waals surface area contributed by atoms with Gasteiger partial charge in [-0.2, -0.15) is 0 Å². The van der Waals surface area contributed by atoms with Crippen molar-refractivity contribution in [3.05, 3.63) is 30.3 Å². The topological polar surface area (TPSA) is 109 Å². The number of ether oxygens (including phenoxy) is 1. The first-order valence-corrected chi connectivity index (χ1v) is 14.3. The third-order valence-corrected chi connectivity index (χ3v) is 12.4. The number of aliphatic hydroxyl groups excluding tert-OH is 2. The number of hydrogen-bond acceptors (Lipinski definition) is 7. The molecule has 162 valence electrons. The van der Waals surface area contributed by atoms with Crippen molar-refractivity contribution in [3.8, 4) is 0 Å². The van der Waals surface area contributed by atoms with Gasteiger partial charge in [-0.15, -0.1) is 0 Å². The second-order valence-corrected chi connectivity index (χ2v) is 14.2. The normalized spacial score (nSPS) is 19.4. The Kier molecular flexibility index (Phi) is 10.5. The molecule has 1 aromatic rings. The van der Waals surface area contributed by atoms with Crippen LogP contribution in [0.1, 0.15) is 26.7 Å². The van der Waals surface area contributed by atoms with Crippen LogP contribution in [0.5, 0.6) is 0 Å². The Labute approximate surface area is 170 Å². The highest BCUT2D eigenvalue weighted by molar-refractivity contribution is 6.87. The van der Waals surface area contributed by atoms with Crippen LogP contribution in [-0.4, -0.2) is 75.9 Å². The number of rotatable bonds is 14. The van der Waals surface area contributed by atoms with E-state index < -0.39 is 28.8 Å². The van der Waals surface area contributed by atoms with Crippen molar-refractivity contribution in [2.24, 2.45) is 0 Å². The average molecular weight is 433 g/mol. The molecular weight excluding hydrogens is 396 g/mol. The van der Waals surface area contributed by atoms with E-state index in [1.807, 2.05) is 30.3 Å². The zero-order valence-corrected chi connectivity index (χ0v) is 19.4. The lowest BCUT2D eigenvalue weighted by Gasteiger charge is -2.36. The first kappa shape index (κ1) is 25.4. The fraction of sp³-hybridized carbons (Fsp3) is 0.684. The quantitative estimate of drug-likeness (QED) is 0.256. The molecule has 0 amide bonds. The second-order valence-electron chi connectivity index (χ2n) is 7.58. The summed E-state index contributed by atoms with van der Waals surface area (Å²) in [5, 5.41) is 29.6. The molecule has 9 heteroatoms. The Morgan fingerprint density at radius 2 is 1.75 bits per heavy atom. The van der Waals surface area contributed by atoms with Crippen molar-refractivity contribution in [1.82, 2.24) is 0 Å². The van der Waals surface area contributed by atoms with E-state index in [1.54, 1.807) is 13.7 Å². The van der Waals surface area contributed by atoms with Gasteiger partial charge in [-0.3, -0.25) is 0 Å². The molecule has 4 N–H and O–H groups in total. The summed E-state index contributed by atoms with van der Waals surface area (Å²) in [7, 11) is -4.33. The van der Waals surface area contributed by atoms with Crippen LogP contribution in [-0.2, 0) is 13.3 Å². The molecule has 1 rings (SSSR count). The SMILES string of the molecule is CO[Si](CCCO)(CCCOCC(C)(O)C(C)O)O[Si](C)(O)c1ccccc1. The summed E-state index contributed by atoms with van der Waals surface area (Å²) in [5.74, 6) is 0. The van der Waals surface area contributed by atoms with Gasteiger partial charge in [0.1, 0.15) is 5.60 Å².